The van der Waals surface area contributed by atoms with Gasteiger partial charge in [-0.3, -0.25) is 0 Å². The van der Waals surface area contributed by atoms with Gasteiger partial charge in [0.15, 0.2) is 11.5 Å². The number of benzene rings is 8. The summed E-state index contributed by atoms with van der Waals surface area (Å²) in [4.78, 5) is 2.31. The Morgan fingerprint density at radius 1 is 0.367 bits per heavy atom. The fourth-order valence-electron chi connectivity index (χ4n) is 7.43. The Balaban J connectivity index is 1.10. The van der Waals surface area contributed by atoms with Gasteiger partial charge in [0.05, 0.1) is 22.4 Å². The normalized spacial score (nSPS) is 12.2. The highest BCUT2D eigenvalue weighted by molar-refractivity contribution is 6.10. The summed E-state index contributed by atoms with van der Waals surface area (Å²) in [6.45, 7) is 0. The Bertz CT molecular complexity index is 2670. The number of rotatable bonds is 4. The molecule has 0 amide bonds. The second-order valence-electron chi connectivity index (χ2n) is 12.6. The van der Waals surface area contributed by atoms with E-state index in [9.17, 15) is 0 Å². The van der Waals surface area contributed by atoms with Gasteiger partial charge in [0.25, 0.3) is 0 Å². The topological polar surface area (TPSA) is 17.4 Å². The lowest BCUT2D eigenvalue weighted by molar-refractivity contribution is 0.483. The SMILES string of the molecule is c1ccc(-c2ccc(-n3c4ccccc4c4cc(-c5ccc6c(c5)Oc5c(ccc7ccccc57)N6c5ccccc5)ccc43)cc2)cc1. The first-order chi connectivity index (χ1) is 24.3. The third kappa shape index (κ3) is 4.44. The van der Waals surface area contributed by atoms with Crippen LogP contribution in [0.3, 0.4) is 0 Å². The van der Waals surface area contributed by atoms with Gasteiger partial charge in [-0.2, -0.15) is 0 Å². The molecule has 0 aliphatic carbocycles. The lowest BCUT2D eigenvalue weighted by Gasteiger charge is -2.33. The Kier molecular flexibility index (Phi) is 6.18. The number of aromatic nitrogens is 1. The molecule has 0 saturated carbocycles. The first-order valence-electron chi connectivity index (χ1n) is 16.7. The highest BCUT2D eigenvalue weighted by atomic mass is 16.5. The quantitative estimate of drug-likeness (QED) is 0.193. The lowest BCUT2D eigenvalue weighted by Crippen LogP contribution is -2.16. The molecule has 8 aromatic carbocycles. The van der Waals surface area contributed by atoms with Gasteiger partial charge >= 0.3 is 0 Å². The highest BCUT2D eigenvalue weighted by Crippen LogP contribution is 2.53. The zero-order chi connectivity index (χ0) is 32.3. The van der Waals surface area contributed by atoms with Crippen molar-refractivity contribution >= 4 is 49.6 Å². The van der Waals surface area contributed by atoms with E-state index < -0.39 is 0 Å². The zero-order valence-electron chi connectivity index (χ0n) is 26.6. The van der Waals surface area contributed by atoms with Crippen LogP contribution in [-0.2, 0) is 0 Å². The second kappa shape index (κ2) is 11.0. The maximum atomic E-state index is 6.82. The molecule has 49 heavy (non-hydrogen) atoms. The van der Waals surface area contributed by atoms with Gasteiger partial charge in [0, 0.05) is 27.5 Å². The van der Waals surface area contributed by atoms with Crippen LogP contribution in [0.25, 0.3) is 60.5 Å². The first-order valence-corrected chi connectivity index (χ1v) is 16.7. The number of nitrogens with zero attached hydrogens (tertiary/aromatic N) is 2. The molecular weight excluding hydrogens is 597 g/mol. The minimum atomic E-state index is 0.839. The number of hydrogen-bond donors (Lipinski definition) is 0. The van der Waals surface area contributed by atoms with Gasteiger partial charge in [-0.25, -0.2) is 0 Å². The smallest absolute Gasteiger partial charge is 0.159 e. The standard InChI is InChI=1S/C46H30N2O/c1-3-11-31(12-4-1)32-19-24-37(25-20-32)47-41-18-10-9-17-39(41)40-29-34(22-26-42(40)47)35-23-27-43-45(30-35)49-46-38-16-8-7-13-33(38)21-28-44(46)48(43)36-14-5-2-6-15-36/h1-30H. The fourth-order valence-corrected chi connectivity index (χ4v) is 7.43. The van der Waals surface area contributed by atoms with E-state index in [0.717, 1.165) is 56.1 Å². The molecule has 1 aliphatic heterocycles. The van der Waals surface area contributed by atoms with Crippen molar-refractivity contribution in [3.63, 3.8) is 0 Å². The van der Waals surface area contributed by atoms with Gasteiger partial charge < -0.3 is 14.2 Å². The van der Waals surface area contributed by atoms with E-state index >= 15 is 0 Å². The molecule has 0 N–H and O–H groups in total. The molecular formula is C46H30N2O. The van der Waals surface area contributed by atoms with E-state index in [1.165, 1.54) is 32.9 Å². The van der Waals surface area contributed by atoms with E-state index in [0.29, 0.717) is 0 Å². The Morgan fingerprint density at radius 3 is 1.82 bits per heavy atom. The van der Waals surface area contributed by atoms with Gasteiger partial charge in [0.1, 0.15) is 0 Å². The van der Waals surface area contributed by atoms with Crippen LogP contribution in [0.5, 0.6) is 11.5 Å². The molecule has 0 fully saturated rings. The van der Waals surface area contributed by atoms with Crippen LogP contribution in [0.1, 0.15) is 0 Å². The van der Waals surface area contributed by atoms with E-state index in [1.54, 1.807) is 0 Å². The zero-order valence-corrected chi connectivity index (χ0v) is 26.6. The van der Waals surface area contributed by atoms with Crippen molar-refractivity contribution in [3.05, 3.63) is 182 Å². The summed E-state index contributed by atoms with van der Waals surface area (Å²) >= 11 is 0. The first kappa shape index (κ1) is 27.5. The monoisotopic (exact) mass is 626 g/mol. The maximum Gasteiger partial charge on any atom is 0.159 e. The molecule has 10 rings (SSSR count). The van der Waals surface area contributed by atoms with Crippen molar-refractivity contribution in [3.8, 4) is 39.4 Å². The van der Waals surface area contributed by atoms with Gasteiger partial charge in [0.2, 0.25) is 0 Å². The molecule has 0 saturated heterocycles. The van der Waals surface area contributed by atoms with Crippen molar-refractivity contribution in [1.82, 2.24) is 4.57 Å². The maximum absolute atomic E-state index is 6.82. The molecule has 0 atom stereocenters. The van der Waals surface area contributed by atoms with Gasteiger partial charge in [-0.05, 0) is 88.3 Å². The molecule has 9 aromatic rings. The summed E-state index contributed by atoms with van der Waals surface area (Å²) in [5.41, 5.74) is 11.4. The van der Waals surface area contributed by atoms with Crippen molar-refractivity contribution in [2.24, 2.45) is 0 Å². The van der Waals surface area contributed by atoms with Crippen LogP contribution < -0.4 is 9.64 Å². The number of hydrogen-bond acceptors (Lipinski definition) is 2. The minimum Gasteiger partial charge on any atom is -0.452 e. The van der Waals surface area contributed by atoms with E-state index in [-0.39, 0.29) is 0 Å². The molecule has 2 heterocycles. The molecule has 3 heteroatoms. The lowest BCUT2D eigenvalue weighted by atomic mass is 10.00. The van der Waals surface area contributed by atoms with Crippen molar-refractivity contribution in [2.45, 2.75) is 0 Å². The van der Waals surface area contributed by atoms with Gasteiger partial charge in [-0.15, -0.1) is 0 Å². The van der Waals surface area contributed by atoms with Crippen molar-refractivity contribution in [2.75, 3.05) is 4.90 Å². The highest BCUT2D eigenvalue weighted by Gasteiger charge is 2.28. The van der Waals surface area contributed by atoms with Crippen LogP contribution >= 0.6 is 0 Å². The summed E-state index contributed by atoms with van der Waals surface area (Å²) in [6.07, 6.45) is 0. The van der Waals surface area contributed by atoms with E-state index in [4.69, 9.17) is 4.74 Å². The molecule has 0 radical (unpaired) electrons. The molecule has 1 aromatic heterocycles. The molecule has 1 aliphatic rings. The summed E-state index contributed by atoms with van der Waals surface area (Å²) in [5, 5.41) is 4.71. The average Bonchev–Trinajstić information content (AvgIpc) is 3.51. The predicted molar refractivity (Wildman–Crippen MR) is 204 cm³/mol. The largest absolute Gasteiger partial charge is 0.452 e. The van der Waals surface area contributed by atoms with Crippen LogP contribution in [0.2, 0.25) is 0 Å². The van der Waals surface area contributed by atoms with Crippen molar-refractivity contribution in [1.29, 1.82) is 0 Å². The van der Waals surface area contributed by atoms with Crippen LogP contribution in [0, 0.1) is 0 Å². The van der Waals surface area contributed by atoms with E-state index in [2.05, 4.69) is 191 Å². The Morgan fingerprint density at radius 2 is 0.980 bits per heavy atom. The molecule has 0 bridgehead atoms. The number of para-hydroxylation sites is 2. The minimum absolute atomic E-state index is 0.839. The second-order valence-corrected chi connectivity index (χ2v) is 12.6. The van der Waals surface area contributed by atoms with Gasteiger partial charge in [-0.1, -0.05) is 121 Å². The molecule has 0 unspecified atom stereocenters. The predicted octanol–water partition coefficient (Wildman–Crippen LogP) is 12.8. The van der Waals surface area contributed by atoms with Crippen LogP contribution in [-0.4, -0.2) is 4.57 Å². The number of ether oxygens (including phenoxy) is 1. The molecule has 0 spiro atoms. The summed E-state index contributed by atoms with van der Waals surface area (Å²) in [5.74, 6) is 1.72. The third-order valence-electron chi connectivity index (χ3n) is 9.77. The summed E-state index contributed by atoms with van der Waals surface area (Å²) < 4.78 is 9.19. The number of anilines is 3. The van der Waals surface area contributed by atoms with E-state index in [1.807, 2.05) is 0 Å². The third-order valence-corrected chi connectivity index (χ3v) is 9.77. The van der Waals surface area contributed by atoms with Crippen LogP contribution in [0.4, 0.5) is 17.1 Å². The summed E-state index contributed by atoms with van der Waals surface area (Å²) in [6, 6.07) is 64.9. The molecule has 3 nitrogen and oxygen atoms in total. The number of fused-ring (bicyclic) bond motifs is 7. The van der Waals surface area contributed by atoms with Crippen molar-refractivity contribution < 1.29 is 4.74 Å². The Labute approximate surface area is 284 Å². The Hall–Kier alpha value is -6.58. The molecule has 230 valence electrons. The fraction of sp³-hybridized carbons (Fsp3) is 0. The summed E-state index contributed by atoms with van der Waals surface area (Å²) in [7, 11) is 0. The van der Waals surface area contributed by atoms with Crippen LogP contribution in [0.15, 0.2) is 182 Å². The average molecular weight is 627 g/mol.